The van der Waals surface area contributed by atoms with Gasteiger partial charge in [-0.2, -0.15) is 4.31 Å². The molecule has 2 bridgehead atoms. The summed E-state index contributed by atoms with van der Waals surface area (Å²) in [5.41, 5.74) is 0. The summed E-state index contributed by atoms with van der Waals surface area (Å²) in [5, 5.41) is 3.02. The molecule has 2 fully saturated rings. The first-order valence-corrected chi connectivity index (χ1v) is 9.74. The van der Waals surface area contributed by atoms with Crippen LogP contribution in [-0.2, 0) is 14.8 Å². The molecule has 1 N–H and O–H groups in total. The monoisotopic (exact) mass is 352 g/mol. The summed E-state index contributed by atoms with van der Waals surface area (Å²) in [4.78, 5) is 12.4. The molecule has 2 aliphatic rings. The van der Waals surface area contributed by atoms with Crippen LogP contribution < -0.4 is 10.1 Å². The molecule has 0 saturated heterocycles. The zero-order valence-electron chi connectivity index (χ0n) is 14.1. The predicted octanol–water partition coefficient (Wildman–Crippen LogP) is 1.62. The van der Waals surface area contributed by atoms with Crippen LogP contribution in [0.1, 0.15) is 25.7 Å². The van der Waals surface area contributed by atoms with Crippen LogP contribution in [0.25, 0.3) is 0 Å². The summed E-state index contributed by atoms with van der Waals surface area (Å²) in [6, 6.07) is 6.37. The van der Waals surface area contributed by atoms with Crippen molar-refractivity contribution in [2.24, 2.45) is 11.8 Å². The summed E-state index contributed by atoms with van der Waals surface area (Å²) >= 11 is 0. The summed E-state index contributed by atoms with van der Waals surface area (Å²) in [6.45, 7) is -0.164. The highest BCUT2D eigenvalue weighted by Crippen LogP contribution is 2.44. The van der Waals surface area contributed by atoms with Crippen LogP contribution >= 0.6 is 0 Å². The topological polar surface area (TPSA) is 75.7 Å². The molecule has 132 valence electrons. The van der Waals surface area contributed by atoms with Crippen molar-refractivity contribution in [2.75, 3.05) is 20.7 Å². The third-order valence-electron chi connectivity index (χ3n) is 5.22. The van der Waals surface area contributed by atoms with Crippen LogP contribution in [0.15, 0.2) is 29.2 Å². The van der Waals surface area contributed by atoms with E-state index in [4.69, 9.17) is 4.74 Å². The molecule has 2 aliphatic carbocycles. The average Bonchev–Trinajstić information content (AvgIpc) is 3.17. The quantitative estimate of drug-likeness (QED) is 0.844. The predicted molar refractivity (Wildman–Crippen MR) is 90.2 cm³/mol. The van der Waals surface area contributed by atoms with Crippen molar-refractivity contribution in [3.05, 3.63) is 24.3 Å². The second kappa shape index (κ2) is 6.72. The van der Waals surface area contributed by atoms with Gasteiger partial charge < -0.3 is 10.1 Å². The molecule has 0 spiro atoms. The van der Waals surface area contributed by atoms with Gasteiger partial charge in [0.15, 0.2) is 0 Å². The Kier molecular flexibility index (Phi) is 4.83. The fourth-order valence-corrected chi connectivity index (χ4v) is 5.02. The number of fused-ring (bicyclic) bond motifs is 2. The van der Waals surface area contributed by atoms with Gasteiger partial charge in [-0.25, -0.2) is 8.42 Å². The van der Waals surface area contributed by atoms with E-state index in [0.29, 0.717) is 11.7 Å². The highest BCUT2D eigenvalue weighted by molar-refractivity contribution is 7.89. The van der Waals surface area contributed by atoms with Crippen LogP contribution in [-0.4, -0.2) is 45.4 Å². The Morgan fingerprint density at radius 1 is 1.25 bits per heavy atom. The number of carbonyl (C=O) groups excluding carboxylic acids is 1. The molecule has 0 aliphatic heterocycles. The average molecular weight is 352 g/mol. The van der Waals surface area contributed by atoms with E-state index in [1.165, 1.54) is 45.6 Å². The fourth-order valence-electron chi connectivity index (χ4n) is 3.89. The lowest BCUT2D eigenvalue weighted by atomic mass is 9.95. The number of rotatable bonds is 6. The van der Waals surface area contributed by atoms with Gasteiger partial charge in [0.25, 0.3) is 0 Å². The molecule has 0 unspecified atom stereocenters. The summed E-state index contributed by atoms with van der Waals surface area (Å²) in [6.07, 6.45) is 4.68. The zero-order valence-corrected chi connectivity index (χ0v) is 14.9. The molecule has 3 atom stereocenters. The zero-order chi connectivity index (χ0) is 17.3. The van der Waals surface area contributed by atoms with Crippen molar-refractivity contribution < 1.29 is 17.9 Å². The number of ether oxygens (including phenoxy) is 1. The van der Waals surface area contributed by atoms with Gasteiger partial charge in [0.05, 0.1) is 18.6 Å². The van der Waals surface area contributed by atoms with Crippen molar-refractivity contribution in [1.82, 2.24) is 9.62 Å². The molecular weight excluding hydrogens is 328 g/mol. The summed E-state index contributed by atoms with van der Waals surface area (Å²) < 4.78 is 31.2. The van der Waals surface area contributed by atoms with Crippen molar-refractivity contribution in [1.29, 1.82) is 0 Å². The third-order valence-corrected chi connectivity index (χ3v) is 7.04. The Bertz CT molecular complexity index is 702. The first-order valence-electron chi connectivity index (χ1n) is 8.30. The molecule has 0 heterocycles. The van der Waals surface area contributed by atoms with Gasteiger partial charge in [-0.3, -0.25) is 4.79 Å². The Labute approximate surface area is 143 Å². The van der Waals surface area contributed by atoms with Gasteiger partial charge in [0, 0.05) is 13.1 Å². The number of hydrogen-bond acceptors (Lipinski definition) is 4. The standard InChI is InChI=1S/C17H24N2O4S/c1-19(24(21,22)15-7-5-14(23-2)6-8-15)11-17(20)18-16-10-12-3-4-13(16)9-12/h5-8,12-13,16H,3-4,9-11H2,1-2H3,(H,18,20)/t12-,13-,16-/m1/s1. The second-order valence-corrected chi connectivity index (χ2v) is 8.83. The smallest absolute Gasteiger partial charge is 0.243 e. The van der Waals surface area contributed by atoms with Crippen LogP contribution in [0.4, 0.5) is 0 Å². The SMILES string of the molecule is COc1ccc(S(=O)(=O)N(C)CC(=O)N[C@@H]2C[C@@H]3CC[C@@H]2C3)cc1. The van der Waals surface area contributed by atoms with E-state index in [0.717, 1.165) is 16.6 Å². The van der Waals surface area contributed by atoms with Gasteiger partial charge in [-0.1, -0.05) is 6.42 Å². The molecule has 0 aromatic heterocycles. The summed E-state index contributed by atoms with van der Waals surface area (Å²) in [7, 11) is -0.732. The number of nitrogens with one attached hydrogen (secondary N) is 1. The van der Waals surface area contributed by atoms with Crippen molar-refractivity contribution in [3.8, 4) is 5.75 Å². The normalized spacial score (nSPS) is 25.9. The van der Waals surface area contributed by atoms with E-state index in [2.05, 4.69) is 5.32 Å². The van der Waals surface area contributed by atoms with Crippen LogP contribution in [0.2, 0.25) is 0 Å². The molecule has 7 heteroatoms. The Morgan fingerprint density at radius 3 is 2.50 bits per heavy atom. The van der Waals surface area contributed by atoms with Gasteiger partial charge >= 0.3 is 0 Å². The van der Waals surface area contributed by atoms with Crippen molar-refractivity contribution >= 4 is 15.9 Å². The van der Waals surface area contributed by atoms with Gasteiger partial charge in [-0.15, -0.1) is 0 Å². The maximum Gasteiger partial charge on any atom is 0.243 e. The fraction of sp³-hybridized carbons (Fsp3) is 0.588. The molecule has 1 aromatic rings. The van der Waals surface area contributed by atoms with Crippen molar-refractivity contribution in [3.63, 3.8) is 0 Å². The Balaban J connectivity index is 1.60. The number of likely N-dealkylation sites (N-methyl/N-ethyl adjacent to an activating group) is 1. The third kappa shape index (κ3) is 3.42. The second-order valence-electron chi connectivity index (χ2n) is 6.79. The molecule has 24 heavy (non-hydrogen) atoms. The molecular formula is C17H24N2O4S. The number of sulfonamides is 1. The lowest BCUT2D eigenvalue weighted by Crippen LogP contribution is -2.44. The van der Waals surface area contributed by atoms with Gasteiger partial charge in [-0.05, 0) is 55.4 Å². The highest BCUT2D eigenvalue weighted by atomic mass is 32.2. The lowest BCUT2D eigenvalue weighted by molar-refractivity contribution is -0.122. The number of amides is 1. The maximum absolute atomic E-state index is 12.5. The van der Waals surface area contributed by atoms with Crippen LogP contribution in [0.5, 0.6) is 5.75 Å². The van der Waals surface area contributed by atoms with Gasteiger partial charge in [0.1, 0.15) is 5.75 Å². The molecule has 1 aromatic carbocycles. The number of benzene rings is 1. The Hall–Kier alpha value is -1.60. The summed E-state index contributed by atoms with van der Waals surface area (Å²) in [5.74, 6) is 1.67. The first kappa shape index (κ1) is 17.2. The molecule has 6 nitrogen and oxygen atoms in total. The van der Waals surface area contributed by atoms with Crippen LogP contribution in [0, 0.1) is 11.8 Å². The van der Waals surface area contributed by atoms with E-state index >= 15 is 0 Å². The van der Waals surface area contributed by atoms with E-state index in [-0.39, 0.29) is 23.4 Å². The van der Waals surface area contributed by atoms with Crippen LogP contribution in [0.3, 0.4) is 0 Å². The van der Waals surface area contributed by atoms with E-state index in [1.807, 2.05) is 0 Å². The Morgan fingerprint density at radius 2 is 1.96 bits per heavy atom. The van der Waals surface area contributed by atoms with Gasteiger partial charge in [0.2, 0.25) is 15.9 Å². The van der Waals surface area contributed by atoms with Crippen molar-refractivity contribution in [2.45, 2.75) is 36.6 Å². The minimum absolute atomic E-state index is 0.151. The number of hydrogen-bond donors (Lipinski definition) is 1. The maximum atomic E-state index is 12.5. The molecule has 2 saturated carbocycles. The number of carbonyl (C=O) groups is 1. The van der Waals surface area contributed by atoms with E-state index in [1.54, 1.807) is 12.1 Å². The molecule has 1 amide bonds. The lowest BCUT2D eigenvalue weighted by Gasteiger charge is -2.24. The van der Waals surface area contributed by atoms with E-state index in [9.17, 15) is 13.2 Å². The minimum Gasteiger partial charge on any atom is -0.497 e. The number of nitrogens with zero attached hydrogens (tertiary/aromatic N) is 1. The first-order chi connectivity index (χ1) is 11.4. The largest absolute Gasteiger partial charge is 0.497 e. The number of methoxy groups -OCH3 is 1. The molecule has 0 radical (unpaired) electrons. The van der Waals surface area contributed by atoms with E-state index < -0.39 is 10.0 Å². The highest BCUT2D eigenvalue weighted by Gasteiger charge is 2.40. The minimum atomic E-state index is -3.69. The molecule has 3 rings (SSSR count).